The highest BCUT2D eigenvalue weighted by molar-refractivity contribution is 7.09. The van der Waals surface area contributed by atoms with Gasteiger partial charge >= 0.3 is 11.8 Å². The summed E-state index contributed by atoms with van der Waals surface area (Å²) in [7, 11) is 0. The Balaban J connectivity index is 1.40. The molecule has 0 radical (unpaired) electrons. The first-order valence-electron chi connectivity index (χ1n) is 11.6. The highest BCUT2D eigenvalue weighted by Gasteiger charge is 2.38. The van der Waals surface area contributed by atoms with Gasteiger partial charge in [-0.25, -0.2) is 4.98 Å². The molecule has 5 aromatic rings. The summed E-state index contributed by atoms with van der Waals surface area (Å²) in [5.41, 5.74) is 7.50. The first kappa shape index (κ1) is 24.1. The van der Waals surface area contributed by atoms with Crippen LogP contribution in [-0.2, 0) is 10.2 Å². The lowest BCUT2D eigenvalue weighted by Crippen LogP contribution is -2.45. The van der Waals surface area contributed by atoms with Crippen LogP contribution in [-0.4, -0.2) is 26.9 Å². The summed E-state index contributed by atoms with van der Waals surface area (Å²) < 4.78 is 5.07. The summed E-state index contributed by atoms with van der Waals surface area (Å²) in [6.07, 6.45) is 0.0402. The van der Waals surface area contributed by atoms with Crippen LogP contribution in [0.25, 0.3) is 11.5 Å². The zero-order chi connectivity index (χ0) is 25.7. The predicted octanol–water partition coefficient (Wildman–Crippen LogP) is 4.69. The molecule has 3 aromatic carbocycles. The average Bonchev–Trinajstić information content (AvgIpc) is 3.61. The standard InChI is InChI=1S/C28H23N5O3S/c1-19-29-23(18-37-19)25-30-27(36-33-25)26(35)32-31-24(34)17-28(20-11-5-2-6-12-20,21-13-7-3-8-14-21)22-15-9-4-10-16-22/h2-16,18H,17H2,1H3,(H,31,34)(H,32,35). The monoisotopic (exact) mass is 509 g/mol. The molecule has 2 amide bonds. The second-order valence-corrected chi connectivity index (χ2v) is 9.42. The summed E-state index contributed by atoms with van der Waals surface area (Å²) >= 11 is 1.44. The van der Waals surface area contributed by atoms with Crippen LogP contribution in [0.2, 0.25) is 0 Å². The molecule has 2 N–H and O–H groups in total. The first-order chi connectivity index (χ1) is 18.1. The van der Waals surface area contributed by atoms with Crippen LogP contribution in [0.1, 0.15) is 38.8 Å². The number of nitrogens with one attached hydrogen (secondary N) is 2. The van der Waals surface area contributed by atoms with E-state index in [-0.39, 0.29) is 24.0 Å². The van der Waals surface area contributed by atoms with E-state index < -0.39 is 11.3 Å². The average molecular weight is 510 g/mol. The minimum Gasteiger partial charge on any atom is -0.328 e. The van der Waals surface area contributed by atoms with Gasteiger partial charge in [0.15, 0.2) is 0 Å². The van der Waals surface area contributed by atoms with Crippen molar-refractivity contribution in [1.29, 1.82) is 0 Å². The highest BCUT2D eigenvalue weighted by atomic mass is 32.1. The van der Waals surface area contributed by atoms with Crippen molar-refractivity contribution in [2.45, 2.75) is 18.8 Å². The van der Waals surface area contributed by atoms with Gasteiger partial charge in [-0.3, -0.25) is 20.4 Å². The molecule has 5 rings (SSSR count). The molecule has 2 heterocycles. The van der Waals surface area contributed by atoms with Crippen LogP contribution in [0.3, 0.4) is 0 Å². The SMILES string of the molecule is Cc1nc(-c2noc(C(=O)NNC(=O)CC(c3ccccc3)(c3ccccc3)c3ccccc3)n2)cs1. The van der Waals surface area contributed by atoms with Gasteiger partial charge in [0, 0.05) is 11.8 Å². The number of carbonyl (C=O) groups excluding carboxylic acids is 2. The second-order valence-electron chi connectivity index (χ2n) is 8.36. The Morgan fingerprint density at radius 2 is 1.35 bits per heavy atom. The Labute approximate surface area is 217 Å². The summed E-state index contributed by atoms with van der Waals surface area (Å²) in [5.74, 6) is -1.18. The third kappa shape index (κ3) is 5.03. The van der Waals surface area contributed by atoms with E-state index in [4.69, 9.17) is 4.52 Å². The smallest absolute Gasteiger partial charge is 0.328 e. The van der Waals surface area contributed by atoms with E-state index in [2.05, 4.69) is 26.0 Å². The summed E-state index contributed by atoms with van der Waals surface area (Å²) in [6.45, 7) is 1.86. The van der Waals surface area contributed by atoms with E-state index in [1.807, 2.05) is 97.9 Å². The molecule has 0 unspecified atom stereocenters. The lowest BCUT2D eigenvalue weighted by atomic mass is 9.67. The summed E-state index contributed by atoms with van der Waals surface area (Å²) in [6, 6.07) is 29.6. The maximum absolute atomic E-state index is 13.3. The topological polar surface area (TPSA) is 110 Å². The Kier molecular flexibility index (Phi) is 6.87. The van der Waals surface area contributed by atoms with Crippen LogP contribution in [0.5, 0.6) is 0 Å². The molecule has 0 saturated carbocycles. The van der Waals surface area contributed by atoms with Crippen molar-refractivity contribution < 1.29 is 14.1 Å². The van der Waals surface area contributed by atoms with Crippen LogP contribution in [0.4, 0.5) is 0 Å². The maximum atomic E-state index is 13.3. The minimum absolute atomic E-state index is 0.0402. The number of aromatic nitrogens is 3. The zero-order valence-corrected chi connectivity index (χ0v) is 20.7. The minimum atomic E-state index is -0.793. The number of carbonyl (C=O) groups is 2. The van der Waals surface area contributed by atoms with Crippen molar-refractivity contribution in [1.82, 2.24) is 26.0 Å². The normalized spacial score (nSPS) is 11.2. The molecule has 0 saturated heterocycles. The maximum Gasteiger partial charge on any atom is 0.328 e. The van der Waals surface area contributed by atoms with E-state index in [1.165, 1.54) is 11.3 Å². The van der Waals surface area contributed by atoms with Gasteiger partial charge in [0.1, 0.15) is 5.69 Å². The van der Waals surface area contributed by atoms with Crippen molar-refractivity contribution in [3.05, 3.63) is 124 Å². The van der Waals surface area contributed by atoms with E-state index >= 15 is 0 Å². The van der Waals surface area contributed by atoms with Crippen LogP contribution < -0.4 is 10.9 Å². The molecule has 184 valence electrons. The predicted molar refractivity (Wildman–Crippen MR) is 140 cm³/mol. The zero-order valence-electron chi connectivity index (χ0n) is 19.9. The molecule has 0 atom stereocenters. The van der Waals surface area contributed by atoms with Crippen LogP contribution in [0.15, 0.2) is 101 Å². The number of benzene rings is 3. The Morgan fingerprint density at radius 3 is 1.84 bits per heavy atom. The van der Waals surface area contributed by atoms with Gasteiger partial charge in [0.2, 0.25) is 11.7 Å². The molecule has 37 heavy (non-hydrogen) atoms. The van der Waals surface area contributed by atoms with Gasteiger partial charge in [-0.2, -0.15) is 4.98 Å². The van der Waals surface area contributed by atoms with E-state index in [0.717, 1.165) is 21.7 Å². The van der Waals surface area contributed by atoms with Crippen molar-refractivity contribution in [2.24, 2.45) is 0 Å². The number of hydrogen-bond acceptors (Lipinski definition) is 7. The van der Waals surface area contributed by atoms with E-state index in [9.17, 15) is 9.59 Å². The van der Waals surface area contributed by atoms with Crippen LogP contribution in [0, 0.1) is 6.92 Å². The second kappa shape index (κ2) is 10.5. The summed E-state index contributed by atoms with van der Waals surface area (Å²) in [4.78, 5) is 34.4. The Bertz CT molecular complexity index is 1400. The number of hydrazine groups is 1. The van der Waals surface area contributed by atoms with Gasteiger partial charge in [-0.05, 0) is 23.6 Å². The van der Waals surface area contributed by atoms with E-state index in [0.29, 0.717) is 5.69 Å². The van der Waals surface area contributed by atoms with E-state index in [1.54, 1.807) is 5.38 Å². The number of rotatable bonds is 7. The molecule has 0 aliphatic heterocycles. The highest BCUT2D eigenvalue weighted by Crippen LogP contribution is 2.42. The lowest BCUT2D eigenvalue weighted by Gasteiger charge is -2.35. The number of aryl methyl sites for hydroxylation is 1. The number of hydrogen-bond donors (Lipinski definition) is 2. The molecule has 0 aliphatic carbocycles. The quantitative estimate of drug-likeness (QED) is 0.243. The largest absolute Gasteiger partial charge is 0.328 e. The molecule has 0 aliphatic rings. The van der Waals surface area contributed by atoms with Crippen molar-refractivity contribution in [3.8, 4) is 11.5 Å². The Morgan fingerprint density at radius 1 is 0.811 bits per heavy atom. The Hall–Kier alpha value is -4.63. The number of nitrogens with zero attached hydrogens (tertiary/aromatic N) is 3. The van der Waals surface area contributed by atoms with Crippen molar-refractivity contribution in [3.63, 3.8) is 0 Å². The third-order valence-electron chi connectivity index (χ3n) is 6.01. The molecule has 8 nitrogen and oxygen atoms in total. The third-order valence-corrected chi connectivity index (χ3v) is 6.78. The van der Waals surface area contributed by atoms with Gasteiger partial charge in [-0.15, -0.1) is 11.3 Å². The lowest BCUT2D eigenvalue weighted by molar-refractivity contribution is -0.122. The fraction of sp³-hybridized carbons (Fsp3) is 0.107. The van der Waals surface area contributed by atoms with Gasteiger partial charge < -0.3 is 4.52 Å². The molecule has 0 spiro atoms. The van der Waals surface area contributed by atoms with Gasteiger partial charge in [-0.1, -0.05) is 96.2 Å². The molecule has 0 bridgehead atoms. The fourth-order valence-electron chi connectivity index (χ4n) is 4.33. The molecular formula is C28H23N5O3S. The van der Waals surface area contributed by atoms with Crippen LogP contribution >= 0.6 is 11.3 Å². The number of thiazole rings is 1. The van der Waals surface area contributed by atoms with Crippen molar-refractivity contribution >= 4 is 23.2 Å². The fourth-order valence-corrected chi connectivity index (χ4v) is 4.92. The first-order valence-corrected chi connectivity index (χ1v) is 12.5. The van der Waals surface area contributed by atoms with Crippen molar-refractivity contribution in [2.75, 3.05) is 0 Å². The molecule has 9 heteroatoms. The molecule has 2 aromatic heterocycles. The van der Waals surface area contributed by atoms with Gasteiger partial charge in [0.05, 0.1) is 10.4 Å². The summed E-state index contributed by atoms with van der Waals surface area (Å²) in [5, 5.41) is 6.43. The van der Waals surface area contributed by atoms with Gasteiger partial charge in [0.25, 0.3) is 0 Å². The molecular weight excluding hydrogens is 486 g/mol. The molecule has 0 fully saturated rings. The number of amides is 2.